The van der Waals surface area contributed by atoms with Gasteiger partial charge in [0.15, 0.2) is 0 Å². The van der Waals surface area contributed by atoms with Crippen molar-refractivity contribution in [2.75, 3.05) is 13.2 Å². The van der Waals surface area contributed by atoms with Gasteiger partial charge in [-0.25, -0.2) is 0 Å². The van der Waals surface area contributed by atoms with Gasteiger partial charge in [0.25, 0.3) is 0 Å². The molecule has 1 saturated carbocycles. The number of benzene rings is 1. The molecule has 0 spiro atoms. The van der Waals surface area contributed by atoms with E-state index in [9.17, 15) is 5.11 Å². The number of hydrogen-bond acceptors (Lipinski definition) is 2. The van der Waals surface area contributed by atoms with E-state index in [2.05, 4.69) is 52.4 Å². The molecule has 3 heteroatoms. The van der Waals surface area contributed by atoms with E-state index in [4.69, 9.17) is 0 Å². The van der Waals surface area contributed by atoms with Crippen molar-refractivity contribution >= 4 is 15.9 Å². The number of aliphatic hydroxyl groups is 1. The van der Waals surface area contributed by atoms with Gasteiger partial charge in [0, 0.05) is 29.1 Å². The molecule has 0 amide bonds. The molecule has 106 valence electrons. The molecule has 0 aromatic heterocycles. The van der Waals surface area contributed by atoms with Crippen LogP contribution in [0.25, 0.3) is 0 Å². The predicted molar refractivity (Wildman–Crippen MR) is 83.2 cm³/mol. The zero-order valence-electron chi connectivity index (χ0n) is 11.7. The Morgan fingerprint density at radius 1 is 1.21 bits per heavy atom. The van der Waals surface area contributed by atoms with Crippen LogP contribution >= 0.6 is 15.9 Å². The van der Waals surface area contributed by atoms with Crippen LogP contribution in [-0.4, -0.2) is 18.3 Å². The molecular formula is C16H24BrNO. The molecule has 1 fully saturated rings. The van der Waals surface area contributed by atoms with Crippen LogP contribution in [-0.2, 0) is 0 Å². The van der Waals surface area contributed by atoms with E-state index in [1.165, 1.54) is 24.8 Å². The summed E-state index contributed by atoms with van der Waals surface area (Å²) in [7, 11) is 0. The minimum atomic E-state index is 0.113. The molecule has 1 aromatic carbocycles. The molecule has 0 radical (unpaired) electrons. The van der Waals surface area contributed by atoms with E-state index in [1.807, 2.05) is 0 Å². The molecule has 0 bridgehead atoms. The minimum absolute atomic E-state index is 0.113. The second-order valence-electron chi connectivity index (χ2n) is 5.87. The molecule has 1 aliphatic rings. The van der Waals surface area contributed by atoms with Crippen LogP contribution in [0.5, 0.6) is 0 Å². The zero-order chi connectivity index (χ0) is 13.7. The van der Waals surface area contributed by atoms with Gasteiger partial charge < -0.3 is 10.4 Å². The fraction of sp³-hybridized carbons (Fsp3) is 0.625. The number of hydrogen-bond donors (Lipinski definition) is 2. The maximum Gasteiger partial charge on any atom is 0.0499 e. The Balaban J connectivity index is 1.91. The molecule has 1 atom stereocenters. The summed E-state index contributed by atoms with van der Waals surface area (Å²) in [6.45, 7) is 3.42. The maximum absolute atomic E-state index is 9.72. The Morgan fingerprint density at radius 3 is 2.42 bits per heavy atom. The largest absolute Gasteiger partial charge is 0.396 e. The number of halogens is 1. The third-order valence-electron chi connectivity index (χ3n) is 4.40. The van der Waals surface area contributed by atoms with Crippen molar-refractivity contribution in [2.24, 2.45) is 5.41 Å². The smallest absolute Gasteiger partial charge is 0.0499 e. The molecule has 2 rings (SSSR count). The number of aliphatic hydroxyl groups excluding tert-OH is 1. The Labute approximate surface area is 124 Å². The lowest BCUT2D eigenvalue weighted by molar-refractivity contribution is 0.0789. The third-order valence-corrected chi connectivity index (χ3v) is 4.93. The first-order valence-electron chi connectivity index (χ1n) is 7.25. The van der Waals surface area contributed by atoms with E-state index in [1.54, 1.807) is 0 Å². The van der Waals surface area contributed by atoms with Gasteiger partial charge in [-0.05, 0) is 37.5 Å². The summed E-state index contributed by atoms with van der Waals surface area (Å²) in [6.07, 6.45) is 6.15. The standard InChI is InChI=1S/C16H24BrNO/c1-13(14-5-7-15(17)8-6-14)18-11-16(12-19)9-3-2-4-10-16/h5-8,13,18-19H,2-4,9-12H2,1H3/t13-/m1/s1. The molecule has 1 aliphatic carbocycles. The SMILES string of the molecule is C[C@@H](NCC1(CO)CCCCC1)c1ccc(Br)cc1. The van der Waals surface area contributed by atoms with Crippen molar-refractivity contribution in [1.29, 1.82) is 0 Å². The summed E-state index contributed by atoms with van der Waals surface area (Å²) in [5, 5.41) is 13.3. The summed E-state index contributed by atoms with van der Waals surface area (Å²) in [4.78, 5) is 0. The average Bonchev–Trinajstić information content (AvgIpc) is 2.46. The second kappa shape index (κ2) is 6.87. The van der Waals surface area contributed by atoms with E-state index >= 15 is 0 Å². The Bertz CT molecular complexity index is 384. The quantitative estimate of drug-likeness (QED) is 0.856. The van der Waals surface area contributed by atoms with Crippen molar-refractivity contribution in [1.82, 2.24) is 5.32 Å². The van der Waals surface area contributed by atoms with Crippen molar-refractivity contribution < 1.29 is 5.11 Å². The first-order valence-corrected chi connectivity index (χ1v) is 8.04. The van der Waals surface area contributed by atoms with Gasteiger partial charge in [-0.15, -0.1) is 0 Å². The molecule has 0 unspecified atom stereocenters. The van der Waals surface area contributed by atoms with Gasteiger partial charge in [-0.3, -0.25) is 0 Å². The summed E-state index contributed by atoms with van der Waals surface area (Å²) in [5.74, 6) is 0. The lowest BCUT2D eigenvalue weighted by atomic mass is 9.74. The molecule has 1 aromatic rings. The highest BCUT2D eigenvalue weighted by atomic mass is 79.9. The molecule has 2 N–H and O–H groups in total. The van der Waals surface area contributed by atoms with Crippen molar-refractivity contribution in [2.45, 2.75) is 45.1 Å². The summed E-state index contributed by atoms with van der Waals surface area (Å²) in [5.41, 5.74) is 1.41. The van der Waals surface area contributed by atoms with Gasteiger partial charge in [-0.2, -0.15) is 0 Å². The van der Waals surface area contributed by atoms with Gasteiger partial charge in [0.05, 0.1) is 0 Å². The second-order valence-corrected chi connectivity index (χ2v) is 6.79. The van der Waals surface area contributed by atoms with Crippen molar-refractivity contribution in [3.8, 4) is 0 Å². The Kier molecular flexibility index (Phi) is 5.43. The van der Waals surface area contributed by atoms with Gasteiger partial charge in [-0.1, -0.05) is 47.3 Å². The van der Waals surface area contributed by atoms with Gasteiger partial charge in [0.2, 0.25) is 0 Å². The normalized spacial score (nSPS) is 20.2. The van der Waals surface area contributed by atoms with E-state index in [-0.39, 0.29) is 5.41 Å². The monoisotopic (exact) mass is 325 g/mol. The Morgan fingerprint density at radius 2 is 1.84 bits per heavy atom. The van der Waals surface area contributed by atoms with E-state index < -0.39 is 0 Å². The number of nitrogens with one attached hydrogen (secondary N) is 1. The van der Waals surface area contributed by atoms with Crippen LogP contribution in [0.1, 0.15) is 50.6 Å². The third kappa shape index (κ3) is 4.04. The van der Waals surface area contributed by atoms with Crippen LogP contribution in [0.4, 0.5) is 0 Å². The van der Waals surface area contributed by atoms with Crippen LogP contribution in [0.15, 0.2) is 28.7 Å². The zero-order valence-corrected chi connectivity index (χ0v) is 13.2. The molecule has 0 aliphatic heterocycles. The van der Waals surface area contributed by atoms with Crippen LogP contribution in [0, 0.1) is 5.41 Å². The van der Waals surface area contributed by atoms with Crippen molar-refractivity contribution in [3.63, 3.8) is 0 Å². The molecule has 0 saturated heterocycles. The summed E-state index contributed by atoms with van der Waals surface area (Å²) < 4.78 is 1.11. The van der Waals surface area contributed by atoms with Crippen LogP contribution in [0.3, 0.4) is 0 Å². The molecule has 2 nitrogen and oxygen atoms in total. The topological polar surface area (TPSA) is 32.3 Å². The van der Waals surface area contributed by atoms with E-state index in [0.29, 0.717) is 12.6 Å². The molecule has 19 heavy (non-hydrogen) atoms. The van der Waals surface area contributed by atoms with Crippen LogP contribution in [0.2, 0.25) is 0 Å². The predicted octanol–water partition coefficient (Wildman–Crippen LogP) is 4.04. The average molecular weight is 326 g/mol. The highest BCUT2D eigenvalue weighted by Gasteiger charge is 2.31. The number of rotatable bonds is 5. The first kappa shape index (κ1) is 15.0. The highest BCUT2D eigenvalue weighted by molar-refractivity contribution is 9.10. The lowest BCUT2D eigenvalue weighted by Crippen LogP contribution is -2.39. The minimum Gasteiger partial charge on any atom is -0.396 e. The van der Waals surface area contributed by atoms with Crippen LogP contribution < -0.4 is 5.32 Å². The highest BCUT2D eigenvalue weighted by Crippen LogP contribution is 2.35. The fourth-order valence-corrected chi connectivity index (χ4v) is 3.20. The van der Waals surface area contributed by atoms with E-state index in [0.717, 1.165) is 23.9 Å². The fourth-order valence-electron chi connectivity index (χ4n) is 2.93. The molecule has 0 heterocycles. The lowest BCUT2D eigenvalue weighted by Gasteiger charge is -2.36. The first-order chi connectivity index (χ1) is 9.15. The summed E-state index contributed by atoms with van der Waals surface area (Å²) in [6, 6.07) is 8.78. The maximum atomic E-state index is 9.72. The van der Waals surface area contributed by atoms with Crippen molar-refractivity contribution in [3.05, 3.63) is 34.3 Å². The van der Waals surface area contributed by atoms with Gasteiger partial charge in [0.1, 0.15) is 0 Å². The van der Waals surface area contributed by atoms with Gasteiger partial charge >= 0.3 is 0 Å². The summed E-state index contributed by atoms with van der Waals surface area (Å²) >= 11 is 3.46. The Hall–Kier alpha value is -0.380. The molecular weight excluding hydrogens is 302 g/mol.